The molecule has 0 radical (unpaired) electrons. The van der Waals surface area contributed by atoms with E-state index < -0.39 is 0 Å². The van der Waals surface area contributed by atoms with Crippen LogP contribution in [0.15, 0.2) is 24.5 Å². The van der Waals surface area contributed by atoms with Crippen molar-refractivity contribution in [3.63, 3.8) is 0 Å². The van der Waals surface area contributed by atoms with Crippen LogP contribution < -0.4 is 5.32 Å². The summed E-state index contributed by atoms with van der Waals surface area (Å²) < 4.78 is 0. The van der Waals surface area contributed by atoms with Gasteiger partial charge in [-0.3, -0.25) is 4.98 Å². The minimum Gasteiger partial charge on any atom is -0.301 e. The van der Waals surface area contributed by atoms with Gasteiger partial charge in [-0.2, -0.15) is 5.26 Å². The first-order chi connectivity index (χ1) is 7.38. The molecule has 1 rings (SSSR count). The summed E-state index contributed by atoms with van der Waals surface area (Å²) in [6.07, 6.45) is 3.36. The fraction of sp³-hybridized carbons (Fsp3) is 0.500. The molecule has 1 aromatic rings. The van der Waals surface area contributed by atoms with Gasteiger partial charge in [-0.1, -0.05) is 27.7 Å². The summed E-state index contributed by atoms with van der Waals surface area (Å²) in [6, 6.07) is 5.55. The predicted octanol–water partition coefficient (Wildman–Crippen LogP) is 2.92. The second kappa shape index (κ2) is 12.6. The maximum Gasteiger partial charge on any atom is 0.121 e. The van der Waals surface area contributed by atoms with Gasteiger partial charge in [-0.05, 0) is 24.7 Å². The lowest BCUT2D eigenvalue weighted by Crippen LogP contribution is -2.13. The van der Waals surface area contributed by atoms with Gasteiger partial charge in [0.05, 0.1) is 6.07 Å². The predicted molar refractivity (Wildman–Crippen MR) is 64.3 cm³/mol. The van der Waals surface area contributed by atoms with Gasteiger partial charge in [0.15, 0.2) is 0 Å². The molecule has 84 valence electrons. The zero-order valence-electron chi connectivity index (χ0n) is 10.3. The van der Waals surface area contributed by atoms with Gasteiger partial charge >= 0.3 is 0 Å². The van der Waals surface area contributed by atoms with Crippen LogP contribution in [0.5, 0.6) is 0 Å². The average molecular weight is 207 g/mol. The van der Waals surface area contributed by atoms with Crippen LogP contribution in [0.25, 0.3) is 0 Å². The van der Waals surface area contributed by atoms with Crippen LogP contribution in [0.1, 0.15) is 39.3 Å². The van der Waals surface area contributed by atoms with E-state index in [1.807, 2.05) is 39.8 Å². The number of nitriles is 1. The van der Waals surface area contributed by atoms with Gasteiger partial charge in [-0.15, -0.1) is 0 Å². The Morgan fingerprint density at radius 3 is 2.00 bits per heavy atom. The van der Waals surface area contributed by atoms with E-state index in [-0.39, 0.29) is 6.04 Å². The largest absolute Gasteiger partial charge is 0.301 e. The van der Waals surface area contributed by atoms with Crippen LogP contribution in [0.4, 0.5) is 0 Å². The molecule has 0 aliphatic heterocycles. The van der Waals surface area contributed by atoms with E-state index in [1.54, 1.807) is 19.4 Å². The molecular formula is C12H21N3. The molecule has 0 saturated heterocycles. The fourth-order valence-electron chi connectivity index (χ4n) is 0.862. The highest BCUT2D eigenvalue weighted by atomic mass is 14.9. The molecular weight excluding hydrogens is 186 g/mol. The highest BCUT2D eigenvalue weighted by molar-refractivity contribution is 5.20. The number of rotatable bonds is 2. The molecule has 0 amide bonds. The molecule has 0 aliphatic carbocycles. The lowest BCUT2D eigenvalue weighted by molar-refractivity contribution is 0.726. The summed E-state index contributed by atoms with van der Waals surface area (Å²) in [5.74, 6) is 0. The molecule has 1 N–H and O–H groups in total. The lowest BCUT2D eigenvalue weighted by Gasteiger charge is -2.05. The minimum atomic E-state index is -0.224. The molecule has 0 aromatic carbocycles. The van der Waals surface area contributed by atoms with E-state index in [1.165, 1.54) is 0 Å². The Morgan fingerprint density at radius 1 is 1.20 bits per heavy atom. The summed E-state index contributed by atoms with van der Waals surface area (Å²) in [5.41, 5.74) is 0.949. The van der Waals surface area contributed by atoms with Gasteiger partial charge in [0.25, 0.3) is 0 Å². The standard InChI is InChI=1S/C8H9N3.2C2H6/c1-10-8(6-9)7-2-4-11-5-3-7;2*1-2/h2-5,8,10H,1H3;2*1-2H3. The Bertz CT molecular complexity index is 251. The molecule has 1 atom stereocenters. The maximum absolute atomic E-state index is 8.65. The first-order valence-electron chi connectivity index (χ1n) is 5.35. The van der Waals surface area contributed by atoms with Crippen LogP contribution in [-0.4, -0.2) is 12.0 Å². The summed E-state index contributed by atoms with van der Waals surface area (Å²) in [4.78, 5) is 3.86. The van der Waals surface area contributed by atoms with Crippen molar-refractivity contribution in [2.45, 2.75) is 33.7 Å². The van der Waals surface area contributed by atoms with E-state index in [9.17, 15) is 0 Å². The Morgan fingerprint density at radius 2 is 1.67 bits per heavy atom. The number of pyridine rings is 1. The van der Waals surface area contributed by atoms with Crippen molar-refractivity contribution in [3.05, 3.63) is 30.1 Å². The summed E-state index contributed by atoms with van der Waals surface area (Å²) >= 11 is 0. The van der Waals surface area contributed by atoms with Crippen LogP contribution in [0.2, 0.25) is 0 Å². The van der Waals surface area contributed by atoms with Crippen molar-refractivity contribution in [2.75, 3.05) is 7.05 Å². The van der Waals surface area contributed by atoms with Crippen molar-refractivity contribution >= 4 is 0 Å². The molecule has 0 saturated carbocycles. The van der Waals surface area contributed by atoms with Gasteiger partial charge in [0, 0.05) is 12.4 Å². The van der Waals surface area contributed by atoms with Gasteiger partial charge in [-0.25, -0.2) is 0 Å². The Hall–Kier alpha value is -1.40. The SMILES string of the molecule is CC.CC.CNC(C#N)c1ccncc1. The molecule has 0 spiro atoms. The first-order valence-corrected chi connectivity index (χ1v) is 5.35. The topological polar surface area (TPSA) is 48.7 Å². The van der Waals surface area contributed by atoms with Crippen molar-refractivity contribution < 1.29 is 0 Å². The molecule has 0 aliphatic rings. The average Bonchev–Trinajstić information content (AvgIpc) is 2.37. The summed E-state index contributed by atoms with van der Waals surface area (Å²) in [7, 11) is 1.76. The number of nitrogens with zero attached hydrogens (tertiary/aromatic N) is 2. The quantitative estimate of drug-likeness (QED) is 0.811. The summed E-state index contributed by atoms with van der Waals surface area (Å²) in [6.45, 7) is 8.00. The second-order valence-corrected chi connectivity index (χ2v) is 2.13. The number of aromatic nitrogens is 1. The van der Waals surface area contributed by atoms with Crippen LogP contribution in [0.3, 0.4) is 0 Å². The fourth-order valence-corrected chi connectivity index (χ4v) is 0.862. The number of hydrogen-bond acceptors (Lipinski definition) is 3. The lowest BCUT2D eigenvalue weighted by atomic mass is 10.1. The molecule has 0 bridgehead atoms. The Labute approximate surface area is 93.2 Å². The molecule has 1 heterocycles. The van der Waals surface area contributed by atoms with Crippen molar-refractivity contribution in [1.82, 2.24) is 10.3 Å². The van der Waals surface area contributed by atoms with Crippen molar-refractivity contribution in [3.8, 4) is 6.07 Å². The first kappa shape index (κ1) is 16.0. The van der Waals surface area contributed by atoms with E-state index in [2.05, 4.69) is 16.4 Å². The van der Waals surface area contributed by atoms with E-state index in [4.69, 9.17) is 5.26 Å². The third kappa shape index (κ3) is 6.64. The Balaban J connectivity index is 0. The van der Waals surface area contributed by atoms with E-state index in [0.717, 1.165) is 5.56 Å². The highest BCUT2D eigenvalue weighted by Gasteiger charge is 2.04. The molecule has 0 fully saturated rings. The zero-order chi connectivity index (χ0) is 12.1. The molecule has 15 heavy (non-hydrogen) atoms. The highest BCUT2D eigenvalue weighted by Crippen LogP contribution is 2.08. The van der Waals surface area contributed by atoms with E-state index in [0.29, 0.717) is 0 Å². The van der Waals surface area contributed by atoms with E-state index >= 15 is 0 Å². The monoisotopic (exact) mass is 207 g/mol. The van der Waals surface area contributed by atoms with Gasteiger partial charge in [0.1, 0.15) is 6.04 Å². The number of nitrogens with one attached hydrogen (secondary N) is 1. The number of hydrogen-bond donors (Lipinski definition) is 1. The molecule has 3 nitrogen and oxygen atoms in total. The third-order valence-corrected chi connectivity index (χ3v) is 1.46. The van der Waals surface area contributed by atoms with Crippen LogP contribution in [-0.2, 0) is 0 Å². The van der Waals surface area contributed by atoms with Crippen molar-refractivity contribution in [2.24, 2.45) is 0 Å². The minimum absolute atomic E-state index is 0.224. The Kier molecular flexibility index (Phi) is 13.5. The van der Waals surface area contributed by atoms with Gasteiger partial charge < -0.3 is 5.32 Å². The molecule has 3 heteroatoms. The maximum atomic E-state index is 8.65. The normalized spacial score (nSPS) is 9.60. The third-order valence-electron chi connectivity index (χ3n) is 1.46. The molecule has 1 aromatic heterocycles. The molecule has 1 unspecified atom stereocenters. The van der Waals surface area contributed by atoms with Gasteiger partial charge in [0.2, 0.25) is 0 Å². The second-order valence-electron chi connectivity index (χ2n) is 2.13. The summed E-state index contributed by atoms with van der Waals surface area (Å²) in [5, 5.41) is 11.5. The smallest absolute Gasteiger partial charge is 0.121 e. The van der Waals surface area contributed by atoms with Crippen LogP contribution >= 0.6 is 0 Å². The van der Waals surface area contributed by atoms with Crippen molar-refractivity contribution in [1.29, 1.82) is 5.26 Å². The zero-order valence-corrected chi connectivity index (χ0v) is 10.3. The van der Waals surface area contributed by atoms with Crippen LogP contribution in [0, 0.1) is 11.3 Å².